The van der Waals surface area contributed by atoms with Crippen molar-refractivity contribution in [1.82, 2.24) is 15.1 Å². The van der Waals surface area contributed by atoms with Crippen LogP contribution in [0, 0.1) is 0 Å². The Labute approximate surface area is 123 Å². The lowest BCUT2D eigenvalue weighted by molar-refractivity contribution is -0.139. The lowest BCUT2D eigenvalue weighted by Gasteiger charge is -2.41. The fourth-order valence-corrected chi connectivity index (χ4v) is 3.92. The molecular formula is C16H31N3O. The lowest BCUT2D eigenvalue weighted by atomic mass is 9.91. The average molecular weight is 281 g/mol. The SMILES string of the molecule is CCN(CC)C1CCN(C(=O)C2(CC)CCCN2)CC1. The van der Waals surface area contributed by atoms with E-state index in [0.717, 1.165) is 64.8 Å². The first-order chi connectivity index (χ1) is 9.66. The molecule has 0 aromatic heterocycles. The molecule has 0 aromatic carbocycles. The zero-order valence-corrected chi connectivity index (χ0v) is 13.5. The lowest BCUT2D eigenvalue weighted by Crippen LogP contribution is -2.57. The average Bonchev–Trinajstić information content (AvgIpc) is 2.98. The number of piperidine rings is 1. The molecule has 2 aliphatic heterocycles. The standard InChI is InChI=1S/C16H31N3O/c1-4-16(10-7-11-17-16)15(20)19-12-8-14(9-13-19)18(5-2)6-3/h14,17H,4-13H2,1-3H3. The van der Waals surface area contributed by atoms with Gasteiger partial charge in [-0.05, 0) is 51.7 Å². The highest BCUT2D eigenvalue weighted by molar-refractivity contribution is 5.86. The number of carbonyl (C=O) groups is 1. The molecule has 2 heterocycles. The van der Waals surface area contributed by atoms with Gasteiger partial charge in [0.1, 0.15) is 0 Å². The van der Waals surface area contributed by atoms with E-state index in [1.165, 1.54) is 0 Å². The Morgan fingerprint density at radius 1 is 1.25 bits per heavy atom. The maximum Gasteiger partial charge on any atom is 0.242 e. The van der Waals surface area contributed by atoms with E-state index in [1.807, 2.05) is 0 Å². The van der Waals surface area contributed by atoms with Gasteiger partial charge in [0.15, 0.2) is 0 Å². The van der Waals surface area contributed by atoms with Crippen molar-refractivity contribution in [2.45, 2.75) is 64.5 Å². The van der Waals surface area contributed by atoms with Gasteiger partial charge in [-0.15, -0.1) is 0 Å². The first-order valence-electron chi connectivity index (χ1n) is 8.45. The van der Waals surface area contributed by atoms with Crippen molar-refractivity contribution in [1.29, 1.82) is 0 Å². The molecule has 1 atom stereocenters. The molecule has 0 aromatic rings. The van der Waals surface area contributed by atoms with Crippen LogP contribution in [0.5, 0.6) is 0 Å². The summed E-state index contributed by atoms with van der Waals surface area (Å²) in [6.07, 6.45) is 5.33. The minimum atomic E-state index is -0.248. The Balaban J connectivity index is 1.91. The third kappa shape index (κ3) is 3.01. The predicted octanol–water partition coefficient (Wildman–Crippen LogP) is 1.85. The smallest absolute Gasteiger partial charge is 0.242 e. The summed E-state index contributed by atoms with van der Waals surface area (Å²) in [4.78, 5) is 17.5. The molecule has 0 radical (unpaired) electrons. The van der Waals surface area contributed by atoms with Crippen LogP contribution in [0.25, 0.3) is 0 Å². The number of nitrogens with one attached hydrogen (secondary N) is 1. The molecule has 1 N–H and O–H groups in total. The van der Waals surface area contributed by atoms with Gasteiger partial charge < -0.3 is 15.1 Å². The number of amides is 1. The number of rotatable bonds is 5. The van der Waals surface area contributed by atoms with E-state index in [0.29, 0.717) is 11.9 Å². The Morgan fingerprint density at radius 3 is 2.35 bits per heavy atom. The summed E-state index contributed by atoms with van der Waals surface area (Å²) < 4.78 is 0. The van der Waals surface area contributed by atoms with Crippen molar-refractivity contribution in [3.63, 3.8) is 0 Å². The molecule has 2 aliphatic rings. The topological polar surface area (TPSA) is 35.6 Å². The zero-order chi connectivity index (χ0) is 14.6. The molecule has 1 amide bonds. The largest absolute Gasteiger partial charge is 0.341 e. The summed E-state index contributed by atoms with van der Waals surface area (Å²) in [6.45, 7) is 11.7. The quantitative estimate of drug-likeness (QED) is 0.835. The first kappa shape index (κ1) is 15.8. The Hall–Kier alpha value is -0.610. The van der Waals surface area contributed by atoms with Gasteiger partial charge in [0.25, 0.3) is 0 Å². The van der Waals surface area contributed by atoms with Crippen LogP contribution in [0.1, 0.15) is 52.9 Å². The van der Waals surface area contributed by atoms with Crippen molar-refractivity contribution in [2.24, 2.45) is 0 Å². The minimum Gasteiger partial charge on any atom is -0.341 e. The second kappa shape index (κ2) is 6.90. The van der Waals surface area contributed by atoms with Gasteiger partial charge in [-0.1, -0.05) is 20.8 Å². The monoisotopic (exact) mass is 281 g/mol. The summed E-state index contributed by atoms with van der Waals surface area (Å²) in [5, 5.41) is 3.47. The number of nitrogens with zero attached hydrogens (tertiary/aromatic N) is 2. The first-order valence-corrected chi connectivity index (χ1v) is 8.45. The van der Waals surface area contributed by atoms with Crippen molar-refractivity contribution in [3.05, 3.63) is 0 Å². The highest BCUT2D eigenvalue weighted by atomic mass is 16.2. The van der Waals surface area contributed by atoms with Crippen LogP contribution in [0.15, 0.2) is 0 Å². The molecule has 2 rings (SSSR count). The molecule has 2 fully saturated rings. The van der Waals surface area contributed by atoms with Gasteiger partial charge in [0.2, 0.25) is 5.91 Å². The summed E-state index contributed by atoms with van der Waals surface area (Å²) >= 11 is 0. The van der Waals surface area contributed by atoms with E-state index in [2.05, 4.69) is 35.9 Å². The second-order valence-electron chi connectivity index (χ2n) is 6.21. The van der Waals surface area contributed by atoms with Crippen LogP contribution in [0.3, 0.4) is 0 Å². The third-order valence-corrected chi connectivity index (χ3v) is 5.34. The van der Waals surface area contributed by atoms with E-state index in [-0.39, 0.29) is 5.54 Å². The van der Waals surface area contributed by atoms with E-state index >= 15 is 0 Å². The molecule has 0 saturated carbocycles. The molecule has 0 bridgehead atoms. The highest BCUT2D eigenvalue weighted by Gasteiger charge is 2.42. The molecule has 20 heavy (non-hydrogen) atoms. The van der Waals surface area contributed by atoms with Gasteiger partial charge >= 0.3 is 0 Å². The number of hydrogen-bond donors (Lipinski definition) is 1. The van der Waals surface area contributed by atoms with Crippen LogP contribution in [0.4, 0.5) is 0 Å². The minimum absolute atomic E-state index is 0.248. The van der Waals surface area contributed by atoms with E-state index in [1.54, 1.807) is 0 Å². The molecule has 4 heteroatoms. The Bertz CT molecular complexity index is 314. The van der Waals surface area contributed by atoms with Crippen molar-refractivity contribution in [2.75, 3.05) is 32.7 Å². The van der Waals surface area contributed by atoms with Crippen LogP contribution in [0.2, 0.25) is 0 Å². The maximum atomic E-state index is 12.8. The van der Waals surface area contributed by atoms with Crippen molar-refractivity contribution < 1.29 is 4.79 Å². The Morgan fingerprint density at radius 2 is 1.90 bits per heavy atom. The van der Waals surface area contributed by atoms with Crippen molar-refractivity contribution >= 4 is 5.91 Å². The second-order valence-corrected chi connectivity index (χ2v) is 6.21. The van der Waals surface area contributed by atoms with Crippen LogP contribution < -0.4 is 5.32 Å². The van der Waals surface area contributed by atoms with Crippen molar-refractivity contribution in [3.8, 4) is 0 Å². The Kier molecular flexibility index (Phi) is 5.44. The number of hydrogen-bond acceptors (Lipinski definition) is 3. The fourth-order valence-electron chi connectivity index (χ4n) is 3.92. The van der Waals surface area contributed by atoms with Gasteiger partial charge in [0, 0.05) is 19.1 Å². The maximum absolute atomic E-state index is 12.8. The summed E-state index contributed by atoms with van der Waals surface area (Å²) in [6, 6.07) is 0.670. The molecule has 2 saturated heterocycles. The molecule has 4 nitrogen and oxygen atoms in total. The van der Waals surface area contributed by atoms with Gasteiger partial charge in [0.05, 0.1) is 5.54 Å². The fraction of sp³-hybridized carbons (Fsp3) is 0.938. The summed E-state index contributed by atoms with van der Waals surface area (Å²) in [7, 11) is 0. The normalized spacial score (nSPS) is 28.3. The van der Waals surface area contributed by atoms with Crippen LogP contribution in [-0.2, 0) is 4.79 Å². The molecule has 116 valence electrons. The van der Waals surface area contributed by atoms with E-state index < -0.39 is 0 Å². The third-order valence-electron chi connectivity index (χ3n) is 5.34. The van der Waals surface area contributed by atoms with E-state index in [4.69, 9.17) is 0 Å². The number of carbonyl (C=O) groups excluding carboxylic acids is 1. The highest BCUT2D eigenvalue weighted by Crippen LogP contribution is 2.27. The summed E-state index contributed by atoms with van der Waals surface area (Å²) in [5.41, 5.74) is -0.248. The molecule has 0 aliphatic carbocycles. The van der Waals surface area contributed by atoms with E-state index in [9.17, 15) is 4.79 Å². The predicted molar refractivity (Wildman–Crippen MR) is 82.8 cm³/mol. The van der Waals surface area contributed by atoms with Gasteiger partial charge in [-0.3, -0.25) is 4.79 Å². The van der Waals surface area contributed by atoms with Gasteiger partial charge in [-0.2, -0.15) is 0 Å². The molecule has 0 spiro atoms. The summed E-state index contributed by atoms with van der Waals surface area (Å²) in [5.74, 6) is 0.357. The van der Waals surface area contributed by atoms with Gasteiger partial charge in [-0.25, -0.2) is 0 Å². The molecular weight excluding hydrogens is 250 g/mol. The van der Waals surface area contributed by atoms with Crippen LogP contribution in [-0.4, -0.2) is 60.0 Å². The number of likely N-dealkylation sites (tertiary alicyclic amines) is 1. The molecule has 1 unspecified atom stereocenters. The zero-order valence-electron chi connectivity index (χ0n) is 13.5. The van der Waals surface area contributed by atoms with Crippen LogP contribution >= 0.6 is 0 Å².